The summed E-state index contributed by atoms with van der Waals surface area (Å²) in [5.74, 6) is -5.58. The third kappa shape index (κ3) is 7.92. The van der Waals surface area contributed by atoms with Crippen LogP contribution < -0.4 is 5.32 Å². The Morgan fingerprint density at radius 3 is 2.23 bits per heavy atom. The highest BCUT2D eigenvalue weighted by Gasteiger charge is 2.78. The van der Waals surface area contributed by atoms with E-state index < -0.39 is 119 Å². The quantitative estimate of drug-likeness (QED) is 0.158. The van der Waals surface area contributed by atoms with Crippen molar-refractivity contribution in [3.8, 4) is 0 Å². The minimum absolute atomic E-state index is 0.0473. The molecule has 2 aromatic rings. The van der Waals surface area contributed by atoms with Gasteiger partial charge in [0.2, 0.25) is 0 Å². The first kappa shape index (κ1) is 45.6. The molecule has 332 valence electrons. The molecule has 1 aliphatic heterocycles. The Hall–Kier alpha value is -4.88. The van der Waals surface area contributed by atoms with Crippen LogP contribution in [0.5, 0.6) is 0 Å². The number of thiophene rings is 1. The second-order valence-corrected chi connectivity index (χ2v) is 18.7. The van der Waals surface area contributed by atoms with Crippen molar-refractivity contribution in [2.45, 2.75) is 128 Å². The zero-order valence-corrected chi connectivity index (χ0v) is 36.2. The van der Waals surface area contributed by atoms with Crippen LogP contribution >= 0.6 is 11.3 Å². The maximum absolute atomic E-state index is 15.3. The average Bonchev–Trinajstić information content (AvgIpc) is 3.72. The lowest BCUT2D eigenvalue weighted by atomic mass is 9.44. The number of amides is 1. The van der Waals surface area contributed by atoms with Crippen LogP contribution in [-0.4, -0.2) is 118 Å². The number of benzene rings is 1. The Kier molecular flexibility index (Phi) is 12.3. The van der Waals surface area contributed by atoms with Gasteiger partial charge in [0.15, 0.2) is 17.5 Å². The summed E-state index contributed by atoms with van der Waals surface area (Å²) >= 11 is 1.14. The Morgan fingerprint density at radius 2 is 1.67 bits per heavy atom. The zero-order valence-electron chi connectivity index (χ0n) is 35.4. The van der Waals surface area contributed by atoms with Crippen LogP contribution in [-0.2, 0) is 47.5 Å². The number of hydrogen-bond donors (Lipinski definition) is 4. The molecule has 1 aromatic carbocycles. The van der Waals surface area contributed by atoms with E-state index in [1.807, 2.05) is 0 Å². The molecule has 2 heterocycles. The molecule has 61 heavy (non-hydrogen) atoms. The smallest absolute Gasteiger partial charge is 0.456 e. The minimum Gasteiger partial charge on any atom is -0.456 e. The van der Waals surface area contributed by atoms with Crippen molar-refractivity contribution < 1.29 is 77.2 Å². The lowest BCUT2D eigenvalue weighted by molar-refractivity contribution is -0.346. The maximum Gasteiger partial charge on any atom is 0.508 e. The largest absolute Gasteiger partial charge is 0.508 e. The second kappa shape index (κ2) is 16.4. The lowest BCUT2D eigenvalue weighted by Gasteiger charge is -2.67. The van der Waals surface area contributed by atoms with Crippen molar-refractivity contribution >= 4 is 47.3 Å². The molecule has 0 radical (unpaired) electrons. The summed E-state index contributed by atoms with van der Waals surface area (Å²) < 4.78 is 40.3. The van der Waals surface area contributed by atoms with Gasteiger partial charge in [-0.3, -0.25) is 9.59 Å². The van der Waals surface area contributed by atoms with Crippen molar-refractivity contribution in [3.63, 3.8) is 0 Å². The van der Waals surface area contributed by atoms with E-state index in [0.717, 1.165) is 25.4 Å². The number of carbonyl (C=O) groups excluding carboxylic acids is 6. The second-order valence-electron chi connectivity index (χ2n) is 17.7. The number of methoxy groups -OCH3 is 1. The van der Waals surface area contributed by atoms with Gasteiger partial charge in [-0.1, -0.05) is 38.1 Å². The fourth-order valence-corrected chi connectivity index (χ4v) is 10.4. The van der Waals surface area contributed by atoms with Crippen molar-refractivity contribution in [1.82, 2.24) is 5.32 Å². The van der Waals surface area contributed by atoms with Crippen LogP contribution in [0, 0.1) is 16.7 Å². The van der Waals surface area contributed by atoms with Gasteiger partial charge < -0.3 is 53.8 Å². The Balaban J connectivity index is 1.52. The van der Waals surface area contributed by atoms with Crippen molar-refractivity contribution in [1.29, 1.82) is 0 Å². The SMILES string of the molecule is COC(=O)O[C@H]1C[C@H]2OC[C@@]2(OC(C)=O)[C@H]2[C@H](OC(=O)c3ccccc3)[C@]3(O)C[C@H](OC(=O)[C@H](O)[C@@H](NC(=O)OC(C)(C)C)c4cccs4)C(C)=C([C@@H](O)C(=O)[C@]12C)C3(C)C. The molecule has 3 aliphatic carbocycles. The molecule has 0 spiro atoms. The fourth-order valence-electron chi connectivity index (χ4n) is 9.64. The highest BCUT2D eigenvalue weighted by atomic mass is 32.1. The first-order valence-corrected chi connectivity index (χ1v) is 20.7. The highest BCUT2D eigenvalue weighted by Crippen LogP contribution is 2.64. The van der Waals surface area contributed by atoms with Crippen LogP contribution in [0.3, 0.4) is 0 Å². The van der Waals surface area contributed by atoms with E-state index in [4.69, 9.17) is 33.2 Å². The standard InChI is InChI=1S/C43H53NO16S/c1-21-24(56-36(50)31(47)29(25-16-13-17-61-25)44-37(51)60-39(3,4)5)19-43(53)34(58-35(49)23-14-11-10-12-15-23)32-41(8,33(48)30(46)28(21)40(43,6)7)26(57-38(52)54-9)18-27-42(32,20-55-27)59-22(2)45/h10-17,24,26-27,29-32,34,46-47,53H,18-20H2,1-9H3,(H,44,51)/t24-,26-,27+,29-,30+,31+,32-,34-,41+,42-,43+/m0/s1. The van der Waals surface area contributed by atoms with Crippen LogP contribution in [0.25, 0.3) is 0 Å². The van der Waals surface area contributed by atoms with E-state index >= 15 is 4.79 Å². The normalized spacial score (nSPS) is 32.5. The van der Waals surface area contributed by atoms with Gasteiger partial charge in [0, 0.05) is 30.1 Å². The van der Waals surface area contributed by atoms with Crippen LogP contribution in [0.4, 0.5) is 9.59 Å². The summed E-state index contributed by atoms with van der Waals surface area (Å²) in [6, 6.07) is 9.65. The van der Waals surface area contributed by atoms with Crippen LogP contribution in [0.15, 0.2) is 59.0 Å². The summed E-state index contributed by atoms with van der Waals surface area (Å²) in [6.45, 7) is 11.6. The minimum atomic E-state index is -2.42. The lowest BCUT2D eigenvalue weighted by Crippen LogP contribution is -2.82. The van der Waals surface area contributed by atoms with E-state index in [-0.39, 0.29) is 29.7 Å². The monoisotopic (exact) mass is 871 g/mol. The summed E-state index contributed by atoms with van der Waals surface area (Å²) in [7, 11) is 1.06. The molecule has 2 bridgehead atoms. The van der Waals surface area contributed by atoms with Gasteiger partial charge in [0.25, 0.3) is 0 Å². The van der Waals surface area contributed by atoms with Gasteiger partial charge in [-0.25, -0.2) is 19.2 Å². The van der Waals surface area contributed by atoms with Gasteiger partial charge in [-0.05, 0) is 69.3 Å². The number of rotatable bonds is 9. The van der Waals surface area contributed by atoms with Gasteiger partial charge in [0.1, 0.15) is 47.8 Å². The number of aliphatic hydroxyl groups is 3. The fraction of sp³-hybridized carbons (Fsp3) is 0.581. The third-order valence-electron chi connectivity index (χ3n) is 12.6. The molecule has 0 unspecified atom stereocenters. The van der Waals surface area contributed by atoms with Crippen LogP contribution in [0.2, 0.25) is 0 Å². The molecule has 3 fully saturated rings. The Morgan fingerprint density at radius 1 is 1.00 bits per heavy atom. The first-order valence-electron chi connectivity index (χ1n) is 19.8. The summed E-state index contributed by atoms with van der Waals surface area (Å²) in [5.41, 5.74) is -8.87. The number of alkyl carbamates (subject to hydrolysis) is 1. The van der Waals surface area contributed by atoms with Crippen molar-refractivity contribution in [3.05, 3.63) is 69.4 Å². The molecule has 4 aliphatic rings. The van der Waals surface area contributed by atoms with Crippen molar-refractivity contribution in [2.75, 3.05) is 13.7 Å². The first-order chi connectivity index (χ1) is 28.4. The molecule has 18 heteroatoms. The topological polar surface area (TPSA) is 240 Å². The maximum atomic E-state index is 15.3. The average molecular weight is 872 g/mol. The van der Waals surface area contributed by atoms with E-state index in [1.54, 1.807) is 56.5 Å². The molecule has 1 saturated heterocycles. The number of carbonyl (C=O) groups is 6. The number of aliphatic hydroxyl groups excluding tert-OH is 2. The molecular formula is C43H53NO16S. The summed E-state index contributed by atoms with van der Waals surface area (Å²) in [4.78, 5) is 82.8. The highest BCUT2D eigenvalue weighted by molar-refractivity contribution is 7.10. The predicted molar refractivity (Wildman–Crippen MR) is 213 cm³/mol. The number of ether oxygens (including phenoxy) is 7. The molecule has 2 saturated carbocycles. The van der Waals surface area contributed by atoms with Crippen LogP contribution in [0.1, 0.15) is 89.5 Å². The zero-order chi connectivity index (χ0) is 45.0. The predicted octanol–water partition coefficient (Wildman–Crippen LogP) is 4.11. The van der Waals surface area contributed by atoms with E-state index in [1.165, 1.54) is 39.8 Å². The van der Waals surface area contributed by atoms with E-state index in [2.05, 4.69) is 5.32 Å². The Labute approximate surface area is 356 Å². The van der Waals surface area contributed by atoms with Gasteiger partial charge in [-0.2, -0.15) is 0 Å². The van der Waals surface area contributed by atoms with Crippen molar-refractivity contribution in [2.24, 2.45) is 16.7 Å². The summed E-state index contributed by atoms with van der Waals surface area (Å²) in [6.07, 6.45) is -13.0. The van der Waals surface area contributed by atoms with E-state index in [0.29, 0.717) is 4.88 Å². The number of Topliss-reactive ketones (excluding diaryl/α,β-unsaturated/α-hetero) is 1. The molecule has 4 N–H and O–H groups in total. The number of ketones is 1. The number of hydrogen-bond acceptors (Lipinski definition) is 17. The molecule has 6 rings (SSSR count). The van der Waals surface area contributed by atoms with E-state index in [9.17, 15) is 39.3 Å². The van der Waals surface area contributed by atoms with Gasteiger partial charge in [0.05, 0.1) is 30.6 Å². The molecular weight excluding hydrogens is 819 g/mol. The molecule has 11 atom stereocenters. The number of esters is 3. The third-order valence-corrected chi connectivity index (χ3v) is 13.6. The van der Waals surface area contributed by atoms with Gasteiger partial charge >= 0.3 is 30.2 Å². The number of fused-ring (bicyclic) bond motifs is 5. The molecule has 1 aromatic heterocycles. The van der Waals surface area contributed by atoms with Gasteiger partial charge in [-0.15, -0.1) is 11.3 Å². The molecule has 1 amide bonds. The molecule has 17 nitrogen and oxygen atoms in total. The summed E-state index contributed by atoms with van der Waals surface area (Å²) in [5, 5.41) is 41.8. The Bertz CT molecular complexity index is 2080. The number of nitrogens with one attached hydrogen (secondary N) is 1.